The third-order valence-corrected chi connectivity index (χ3v) is 4.24. The Morgan fingerprint density at radius 2 is 2.12 bits per heavy atom. The van der Waals surface area contributed by atoms with E-state index in [0.717, 1.165) is 5.56 Å². The molecule has 0 bridgehead atoms. The molecular weight excluding hydrogens is 340 g/mol. The molecule has 0 saturated heterocycles. The van der Waals surface area contributed by atoms with Crippen LogP contribution in [0.25, 0.3) is 11.4 Å². The van der Waals surface area contributed by atoms with Crippen LogP contribution in [-0.4, -0.2) is 38.6 Å². The Kier molecular flexibility index (Phi) is 5.14. The number of hydrogen-bond donors (Lipinski definition) is 2. The van der Waals surface area contributed by atoms with Gasteiger partial charge in [-0.25, -0.2) is 4.68 Å². The Hall–Kier alpha value is -3.07. The molecule has 0 fully saturated rings. The van der Waals surface area contributed by atoms with E-state index in [1.54, 1.807) is 37.7 Å². The molecule has 1 amide bonds. The third kappa shape index (κ3) is 3.89. The number of nitrogens with two attached hydrogens (primary N) is 1. The maximum atomic E-state index is 12.1. The van der Waals surface area contributed by atoms with Crippen molar-refractivity contribution in [1.29, 1.82) is 0 Å². The molecule has 0 saturated carbocycles. The molecule has 2 heterocycles. The summed E-state index contributed by atoms with van der Waals surface area (Å²) in [5.41, 5.74) is 1.36. The summed E-state index contributed by atoms with van der Waals surface area (Å²) in [7, 11) is 1.55. The van der Waals surface area contributed by atoms with Crippen LogP contribution in [-0.2, 0) is 4.79 Å². The minimum atomic E-state index is -0.194. The Morgan fingerprint density at radius 3 is 2.88 bits per heavy atom. The van der Waals surface area contributed by atoms with E-state index in [4.69, 9.17) is 10.6 Å². The monoisotopic (exact) mass is 356 g/mol. The average Bonchev–Trinajstić information content (AvgIpc) is 3.02. The van der Waals surface area contributed by atoms with E-state index in [1.807, 2.05) is 18.2 Å². The first-order valence-corrected chi connectivity index (χ1v) is 8.34. The van der Waals surface area contributed by atoms with Gasteiger partial charge in [0.1, 0.15) is 5.75 Å². The Morgan fingerprint density at radius 1 is 1.28 bits per heavy atom. The number of anilines is 1. The van der Waals surface area contributed by atoms with Gasteiger partial charge >= 0.3 is 0 Å². The predicted octanol–water partition coefficient (Wildman–Crippen LogP) is 1.79. The summed E-state index contributed by atoms with van der Waals surface area (Å²) in [4.78, 5) is 16.2. The van der Waals surface area contributed by atoms with Gasteiger partial charge in [0.15, 0.2) is 5.82 Å². The van der Waals surface area contributed by atoms with Gasteiger partial charge in [0.2, 0.25) is 11.1 Å². The third-order valence-electron chi connectivity index (χ3n) is 3.30. The quantitative estimate of drug-likeness (QED) is 0.512. The smallest absolute Gasteiger partial charge is 0.234 e. The molecule has 2 aromatic heterocycles. The Balaban J connectivity index is 1.64. The molecule has 8 nitrogen and oxygen atoms in total. The summed E-state index contributed by atoms with van der Waals surface area (Å²) in [6.45, 7) is 0. The molecule has 0 unspecified atom stereocenters. The van der Waals surface area contributed by atoms with Crippen molar-refractivity contribution in [2.24, 2.45) is 0 Å². The van der Waals surface area contributed by atoms with Crippen molar-refractivity contribution >= 4 is 23.4 Å². The van der Waals surface area contributed by atoms with Gasteiger partial charge in [-0.3, -0.25) is 9.78 Å². The molecule has 0 aliphatic carbocycles. The number of carbonyl (C=O) groups excluding carboxylic acids is 1. The van der Waals surface area contributed by atoms with E-state index in [0.29, 0.717) is 22.4 Å². The minimum absolute atomic E-state index is 0.139. The van der Waals surface area contributed by atoms with Crippen LogP contribution >= 0.6 is 11.8 Å². The first-order chi connectivity index (χ1) is 12.2. The van der Waals surface area contributed by atoms with Crippen LogP contribution in [0.5, 0.6) is 5.75 Å². The minimum Gasteiger partial charge on any atom is -0.495 e. The maximum Gasteiger partial charge on any atom is 0.234 e. The topological polar surface area (TPSA) is 108 Å². The number of pyridine rings is 1. The molecule has 0 aliphatic heterocycles. The normalized spacial score (nSPS) is 10.4. The van der Waals surface area contributed by atoms with Crippen molar-refractivity contribution in [3.63, 3.8) is 0 Å². The van der Waals surface area contributed by atoms with Crippen molar-refractivity contribution < 1.29 is 9.53 Å². The lowest BCUT2D eigenvalue weighted by Gasteiger charge is -2.09. The fourth-order valence-corrected chi connectivity index (χ4v) is 2.79. The molecule has 0 spiro atoms. The van der Waals surface area contributed by atoms with E-state index >= 15 is 0 Å². The van der Waals surface area contributed by atoms with E-state index in [-0.39, 0.29) is 11.7 Å². The lowest BCUT2D eigenvalue weighted by molar-refractivity contribution is -0.113. The first-order valence-electron chi connectivity index (χ1n) is 7.35. The summed E-state index contributed by atoms with van der Waals surface area (Å²) >= 11 is 1.19. The summed E-state index contributed by atoms with van der Waals surface area (Å²) < 4.78 is 6.55. The second-order valence-corrected chi connectivity index (χ2v) is 5.90. The van der Waals surface area contributed by atoms with E-state index in [2.05, 4.69) is 20.5 Å². The number of para-hydroxylation sites is 2. The first kappa shape index (κ1) is 16.8. The molecule has 128 valence electrons. The van der Waals surface area contributed by atoms with Gasteiger partial charge in [-0.1, -0.05) is 23.9 Å². The number of carbonyl (C=O) groups is 1. The van der Waals surface area contributed by atoms with Gasteiger partial charge in [-0.05, 0) is 24.3 Å². The number of methoxy groups -OCH3 is 1. The number of benzene rings is 1. The molecule has 0 aliphatic rings. The van der Waals surface area contributed by atoms with Gasteiger partial charge < -0.3 is 15.9 Å². The summed E-state index contributed by atoms with van der Waals surface area (Å²) in [5.74, 6) is 7.04. The van der Waals surface area contributed by atoms with Crippen LogP contribution in [0.2, 0.25) is 0 Å². The zero-order valence-electron chi connectivity index (χ0n) is 13.4. The highest BCUT2D eigenvalue weighted by molar-refractivity contribution is 7.99. The molecule has 3 N–H and O–H groups in total. The fraction of sp³-hybridized carbons (Fsp3) is 0.125. The molecule has 3 aromatic rings. The van der Waals surface area contributed by atoms with Crippen molar-refractivity contribution in [1.82, 2.24) is 19.9 Å². The largest absolute Gasteiger partial charge is 0.495 e. The molecule has 25 heavy (non-hydrogen) atoms. The lowest BCUT2D eigenvalue weighted by Crippen LogP contribution is -2.16. The van der Waals surface area contributed by atoms with Crippen molar-refractivity contribution in [3.8, 4) is 17.1 Å². The summed E-state index contributed by atoms with van der Waals surface area (Å²) in [6.07, 6.45) is 3.31. The van der Waals surface area contributed by atoms with E-state index in [1.165, 1.54) is 16.4 Å². The zero-order chi connectivity index (χ0) is 17.6. The van der Waals surface area contributed by atoms with Crippen LogP contribution in [0, 0.1) is 0 Å². The summed E-state index contributed by atoms with van der Waals surface area (Å²) in [5, 5.41) is 11.3. The fourth-order valence-electron chi connectivity index (χ4n) is 2.13. The lowest BCUT2D eigenvalue weighted by atomic mass is 10.3. The number of nitrogens with one attached hydrogen (secondary N) is 1. The molecule has 0 radical (unpaired) electrons. The average molecular weight is 356 g/mol. The number of nitrogen functional groups attached to an aromatic ring is 1. The molecule has 0 atom stereocenters. The molecule has 9 heteroatoms. The number of hydrogen-bond acceptors (Lipinski definition) is 7. The van der Waals surface area contributed by atoms with Crippen molar-refractivity contribution in [2.45, 2.75) is 5.16 Å². The van der Waals surface area contributed by atoms with Gasteiger partial charge in [0.05, 0.1) is 18.6 Å². The predicted molar refractivity (Wildman–Crippen MR) is 95.8 cm³/mol. The van der Waals surface area contributed by atoms with Crippen molar-refractivity contribution in [3.05, 3.63) is 48.8 Å². The van der Waals surface area contributed by atoms with Crippen LogP contribution in [0.4, 0.5) is 5.69 Å². The van der Waals surface area contributed by atoms with Crippen LogP contribution in [0.15, 0.2) is 53.9 Å². The standard InChI is InChI=1S/C16H16N6O2S/c1-24-13-7-3-2-6-12(13)19-14(23)10-25-16-21-20-15(22(16)17)11-5-4-8-18-9-11/h2-9H,10,17H2,1H3,(H,19,23). The van der Waals surface area contributed by atoms with Gasteiger partial charge in [-0.2, -0.15) is 0 Å². The second kappa shape index (κ2) is 7.67. The summed E-state index contributed by atoms with van der Waals surface area (Å²) in [6, 6.07) is 10.8. The van der Waals surface area contributed by atoms with Crippen molar-refractivity contribution in [2.75, 3.05) is 24.0 Å². The second-order valence-electron chi connectivity index (χ2n) is 4.96. The van der Waals surface area contributed by atoms with Crippen LogP contribution in [0.1, 0.15) is 0 Å². The molecular formula is C16H16N6O2S. The SMILES string of the molecule is COc1ccccc1NC(=O)CSc1nnc(-c2cccnc2)n1N. The zero-order valence-corrected chi connectivity index (χ0v) is 14.2. The number of rotatable bonds is 6. The maximum absolute atomic E-state index is 12.1. The Bertz CT molecular complexity index is 868. The molecule has 3 rings (SSSR count). The Labute approximate surface area is 148 Å². The highest BCUT2D eigenvalue weighted by Gasteiger charge is 2.14. The van der Waals surface area contributed by atoms with Crippen LogP contribution in [0.3, 0.4) is 0 Å². The van der Waals surface area contributed by atoms with E-state index < -0.39 is 0 Å². The van der Waals surface area contributed by atoms with Gasteiger partial charge in [0.25, 0.3) is 0 Å². The number of amides is 1. The number of nitrogens with zero attached hydrogens (tertiary/aromatic N) is 4. The van der Waals surface area contributed by atoms with Crippen LogP contribution < -0.4 is 15.9 Å². The number of thioether (sulfide) groups is 1. The van der Waals surface area contributed by atoms with E-state index in [9.17, 15) is 4.79 Å². The molecule has 1 aromatic carbocycles. The highest BCUT2D eigenvalue weighted by atomic mass is 32.2. The number of aromatic nitrogens is 4. The number of ether oxygens (including phenoxy) is 1. The highest BCUT2D eigenvalue weighted by Crippen LogP contribution is 2.24. The van der Waals surface area contributed by atoms with Gasteiger partial charge in [0, 0.05) is 18.0 Å². The van der Waals surface area contributed by atoms with Gasteiger partial charge in [-0.15, -0.1) is 10.2 Å².